The number of nitrogens with zero attached hydrogens (tertiary/aromatic N) is 2. The Kier molecular flexibility index (Phi) is 8.14. The third-order valence-electron chi connectivity index (χ3n) is 13.1. The predicted octanol–water partition coefficient (Wildman–Crippen LogP) is 16.5. The zero-order valence-corrected chi connectivity index (χ0v) is 35.1. The van der Waals surface area contributed by atoms with Crippen molar-refractivity contribution < 1.29 is 0 Å². The molecule has 62 heavy (non-hydrogen) atoms. The second-order valence-corrected chi connectivity index (χ2v) is 17.7. The molecule has 0 radical (unpaired) electrons. The van der Waals surface area contributed by atoms with Crippen molar-refractivity contribution in [2.45, 2.75) is 26.2 Å². The van der Waals surface area contributed by atoms with Crippen LogP contribution in [0.15, 0.2) is 212 Å². The van der Waals surface area contributed by atoms with E-state index in [2.05, 4.69) is 242 Å². The molecule has 294 valence electrons. The maximum atomic E-state index is 2.43. The first kappa shape index (κ1) is 36.2. The first-order chi connectivity index (χ1) is 30.4. The third-order valence-corrected chi connectivity index (χ3v) is 13.1. The van der Waals surface area contributed by atoms with E-state index in [0.29, 0.717) is 0 Å². The molecule has 0 spiro atoms. The molecule has 2 nitrogen and oxygen atoms in total. The summed E-state index contributed by atoms with van der Waals surface area (Å²) in [4.78, 5) is 0. The summed E-state index contributed by atoms with van der Waals surface area (Å²) >= 11 is 0. The molecule has 0 aliphatic carbocycles. The number of para-hydroxylation sites is 2. The van der Waals surface area contributed by atoms with Gasteiger partial charge in [-0.1, -0.05) is 166 Å². The highest BCUT2D eigenvalue weighted by molar-refractivity contribution is 6.21. The lowest BCUT2D eigenvalue weighted by Gasteiger charge is -2.19. The van der Waals surface area contributed by atoms with Gasteiger partial charge in [0.15, 0.2) is 0 Å². The van der Waals surface area contributed by atoms with Crippen molar-refractivity contribution in [3.05, 3.63) is 218 Å². The Morgan fingerprint density at radius 3 is 1.18 bits per heavy atom. The van der Waals surface area contributed by atoms with Crippen LogP contribution in [0.1, 0.15) is 26.3 Å². The molecule has 12 rings (SSSR count). The molecule has 0 amide bonds. The molecule has 2 heteroatoms. The van der Waals surface area contributed by atoms with Crippen molar-refractivity contribution in [3.63, 3.8) is 0 Å². The van der Waals surface area contributed by atoms with Gasteiger partial charge in [0.1, 0.15) is 0 Å². The number of hydrogen-bond acceptors (Lipinski definition) is 0. The molecule has 10 aromatic carbocycles. The first-order valence-electron chi connectivity index (χ1n) is 21.7. The Hall–Kier alpha value is -7.68. The maximum Gasteiger partial charge on any atom is 0.0541 e. The maximum absolute atomic E-state index is 2.43. The molecular weight excluding hydrogens is 749 g/mol. The van der Waals surface area contributed by atoms with Crippen molar-refractivity contribution >= 4 is 65.2 Å². The lowest BCUT2D eigenvalue weighted by atomic mass is 9.86. The van der Waals surface area contributed by atoms with Crippen LogP contribution in [-0.2, 0) is 5.41 Å². The first-order valence-corrected chi connectivity index (χ1v) is 21.7. The van der Waals surface area contributed by atoms with E-state index < -0.39 is 0 Å². The molecule has 0 saturated carbocycles. The normalized spacial score (nSPS) is 12.1. The van der Waals surface area contributed by atoms with E-state index in [-0.39, 0.29) is 5.41 Å². The SMILES string of the molecule is CC(C)(C)c1ccc2c(c1)c1cc(-c3ccc4c(c3)c3ccccc3n4-c3ccc(-c4c5ccccc5c(-c5ccccc5)c5ccccc45)cc3)ccc1n2-c1ccccc1. The smallest absolute Gasteiger partial charge is 0.0541 e. The van der Waals surface area contributed by atoms with Gasteiger partial charge in [-0.2, -0.15) is 0 Å². The van der Waals surface area contributed by atoms with Gasteiger partial charge in [0.05, 0.1) is 22.1 Å². The Bertz CT molecular complexity index is 3640. The summed E-state index contributed by atoms with van der Waals surface area (Å²) in [5, 5.41) is 10.1. The molecule has 2 aromatic heterocycles. The molecule has 0 atom stereocenters. The second kappa shape index (κ2) is 13.9. The summed E-state index contributed by atoms with van der Waals surface area (Å²) < 4.78 is 4.84. The summed E-state index contributed by atoms with van der Waals surface area (Å²) in [6.45, 7) is 6.89. The molecule has 0 aliphatic rings. The van der Waals surface area contributed by atoms with Crippen LogP contribution in [0, 0.1) is 0 Å². The number of fused-ring (bicyclic) bond motifs is 8. The van der Waals surface area contributed by atoms with Crippen molar-refractivity contribution in [1.29, 1.82) is 0 Å². The Morgan fingerprint density at radius 1 is 0.274 bits per heavy atom. The van der Waals surface area contributed by atoms with Gasteiger partial charge in [-0.3, -0.25) is 0 Å². The van der Waals surface area contributed by atoms with E-state index >= 15 is 0 Å². The minimum atomic E-state index is 0.0451. The summed E-state index contributed by atoms with van der Waals surface area (Å²) in [7, 11) is 0. The molecule has 0 saturated heterocycles. The van der Waals surface area contributed by atoms with Gasteiger partial charge < -0.3 is 9.13 Å². The van der Waals surface area contributed by atoms with Crippen LogP contribution >= 0.6 is 0 Å². The van der Waals surface area contributed by atoms with Crippen molar-refractivity contribution in [2.75, 3.05) is 0 Å². The quantitative estimate of drug-likeness (QED) is 0.154. The highest BCUT2D eigenvalue weighted by atomic mass is 15.0. The number of benzene rings is 10. The fourth-order valence-corrected chi connectivity index (χ4v) is 10.1. The second-order valence-electron chi connectivity index (χ2n) is 17.7. The van der Waals surface area contributed by atoms with Gasteiger partial charge in [0, 0.05) is 32.9 Å². The summed E-state index contributed by atoms with van der Waals surface area (Å²) in [5.74, 6) is 0. The van der Waals surface area contributed by atoms with Gasteiger partial charge in [-0.15, -0.1) is 0 Å². The lowest BCUT2D eigenvalue weighted by Crippen LogP contribution is -2.10. The molecule has 0 bridgehead atoms. The van der Waals surface area contributed by atoms with E-state index in [9.17, 15) is 0 Å². The van der Waals surface area contributed by atoms with Crippen LogP contribution < -0.4 is 0 Å². The largest absolute Gasteiger partial charge is 0.309 e. The Labute approximate surface area is 361 Å². The van der Waals surface area contributed by atoms with Crippen molar-refractivity contribution in [1.82, 2.24) is 9.13 Å². The number of aromatic nitrogens is 2. The van der Waals surface area contributed by atoms with Crippen molar-refractivity contribution in [3.8, 4) is 44.8 Å². The minimum absolute atomic E-state index is 0.0451. The van der Waals surface area contributed by atoms with Gasteiger partial charge in [-0.05, 0) is 133 Å². The van der Waals surface area contributed by atoms with Crippen molar-refractivity contribution in [2.24, 2.45) is 0 Å². The molecule has 0 fully saturated rings. The van der Waals surface area contributed by atoms with Crippen LogP contribution in [-0.4, -0.2) is 9.13 Å². The fraction of sp³-hybridized carbons (Fsp3) is 0.0667. The molecule has 0 unspecified atom stereocenters. The van der Waals surface area contributed by atoms with Gasteiger partial charge >= 0.3 is 0 Å². The lowest BCUT2D eigenvalue weighted by molar-refractivity contribution is 0.591. The predicted molar refractivity (Wildman–Crippen MR) is 265 cm³/mol. The van der Waals surface area contributed by atoms with E-state index in [1.165, 1.54) is 110 Å². The fourth-order valence-electron chi connectivity index (χ4n) is 10.1. The van der Waals surface area contributed by atoms with Crippen LogP contribution in [0.3, 0.4) is 0 Å². The summed E-state index contributed by atoms with van der Waals surface area (Å²) in [6, 6.07) is 78.4. The summed E-state index contributed by atoms with van der Waals surface area (Å²) in [5.41, 5.74) is 16.0. The Morgan fingerprint density at radius 2 is 0.645 bits per heavy atom. The highest BCUT2D eigenvalue weighted by Gasteiger charge is 2.21. The third kappa shape index (κ3) is 5.64. The number of hydrogen-bond donors (Lipinski definition) is 0. The number of rotatable bonds is 5. The van der Waals surface area contributed by atoms with Crippen LogP contribution in [0.4, 0.5) is 0 Å². The van der Waals surface area contributed by atoms with Gasteiger partial charge in [0.2, 0.25) is 0 Å². The average molecular weight is 793 g/mol. The van der Waals surface area contributed by atoms with Crippen LogP contribution in [0.2, 0.25) is 0 Å². The molecule has 2 heterocycles. The monoisotopic (exact) mass is 792 g/mol. The standard InChI is InChI=1S/C60H44N2/c1-60(2,3)43-30-35-57-53(38-43)52-37-42(29-34-56(52)61(57)44-18-8-5-9-19-44)41-28-33-55-51(36-41)46-20-14-15-25-54(46)62(55)45-31-26-40(27-32-45)59-49-23-12-10-21-47(49)58(39-16-6-4-7-17-39)48-22-11-13-24-50(48)59/h4-38H,1-3H3. The van der Waals surface area contributed by atoms with E-state index in [4.69, 9.17) is 0 Å². The zero-order valence-electron chi connectivity index (χ0n) is 35.1. The van der Waals surface area contributed by atoms with E-state index in [1.807, 2.05) is 0 Å². The van der Waals surface area contributed by atoms with Gasteiger partial charge in [-0.25, -0.2) is 0 Å². The average Bonchev–Trinajstić information content (AvgIpc) is 3.83. The topological polar surface area (TPSA) is 9.86 Å². The zero-order chi connectivity index (χ0) is 41.5. The summed E-state index contributed by atoms with van der Waals surface area (Å²) in [6.07, 6.45) is 0. The molecule has 12 aromatic rings. The van der Waals surface area contributed by atoms with E-state index in [0.717, 1.165) is 5.69 Å². The molecular formula is C60H44N2. The van der Waals surface area contributed by atoms with Crippen LogP contribution in [0.5, 0.6) is 0 Å². The van der Waals surface area contributed by atoms with E-state index in [1.54, 1.807) is 0 Å². The highest BCUT2D eigenvalue weighted by Crippen LogP contribution is 2.45. The Balaban J connectivity index is 0.995. The molecule has 0 N–H and O–H groups in total. The minimum Gasteiger partial charge on any atom is -0.309 e. The van der Waals surface area contributed by atoms with Gasteiger partial charge in [0.25, 0.3) is 0 Å². The van der Waals surface area contributed by atoms with Crippen LogP contribution in [0.25, 0.3) is 110 Å². The molecule has 0 aliphatic heterocycles.